The largest absolute Gasteiger partial charge is 0.328 e. The van der Waals surface area contributed by atoms with E-state index in [2.05, 4.69) is 5.32 Å². The number of benzene rings is 1. The summed E-state index contributed by atoms with van der Waals surface area (Å²) in [7, 11) is 0. The van der Waals surface area contributed by atoms with Gasteiger partial charge in [-0.3, -0.25) is 4.79 Å². The molecule has 1 aromatic carbocycles. The predicted molar refractivity (Wildman–Crippen MR) is 82.1 cm³/mol. The first-order valence-corrected chi connectivity index (χ1v) is 7.80. The normalized spacial score (nSPS) is 18.8. The highest BCUT2D eigenvalue weighted by atomic mass is 32.1. The van der Waals surface area contributed by atoms with Crippen LogP contribution in [0.25, 0.3) is 0 Å². The van der Waals surface area contributed by atoms with Crippen molar-refractivity contribution in [1.29, 1.82) is 0 Å². The van der Waals surface area contributed by atoms with Gasteiger partial charge in [-0.05, 0) is 36.8 Å². The van der Waals surface area contributed by atoms with E-state index in [0.717, 1.165) is 21.9 Å². The van der Waals surface area contributed by atoms with Crippen molar-refractivity contribution in [2.24, 2.45) is 0 Å². The second-order valence-corrected chi connectivity index (χ2v) is 6.47. The molecule has 2 aromatic rings. The lowest BCUT2D eigenvalue weighted by Gasteiger charge is -2.36. The topological polar surface area (TPSA) is 32.3 Å². The van der Waals surface area contributed by atoms with E-state index in [0.29, 0.717) is 13.1 Å². The third kappa shape index (κ3) is 2.99. The smallest absolute Gasteiger partial charge is 0.264 e. The molecule has 110 valence electrons. The van der Waals surface area contributed by atoms with Gasteiger partial charge in [-0.1, -0.05) is 12.1 Å². The fourth-order valence-corrected chi connectivity index (χ4v) is 3.47. The third-order valence-corrected chi connectivity index (χ3v) is 4.68. The average Bonchev–Trinajstić information content (AvgIpc) is 2.93. The predicted octanol–water partition coefficient (Wildman–Crippen LogP) is 2.98. The number of nitrogens with one attached hydrogen (secondary N) is 1. The van der Waals surface area contributed by atoms with Crippen LogP contribution in [-0.2, 0) is 0 Å². The second-order valence-electron chi connectivity index (χ2n) is 5.18. The Kier molecular flexibility index (Phi) is 4.03. The number of hydrogen-bond acceptors (Lipinski definition) is 3. The Bertz CT molecular complexity index is 655. The molecule has 1 aromatic heterocycles. The minimum absolute atomic E-state index is 0.0314. The molecule has 1 fully saturated rings. The molecular weight excluding hydrogens is 287 g/mol. The van der Waals surface area contributed by atoms with Crippen molar-refractivity contribution < 1.29 is 9.18 Å². The lowest BCUT2D eigenvalue weighted by Crippen LogP contribution is -2.48. The summed E-state index contributed by atoms with van der Waals surface area (Å²) in [5.74, 6) is -0.235. The van der Waals surface area contributed by atoms with Gasteiger partial charge in [-0.15, -0.1) is 11.3 Å². The van der Waals surface area contributed by atoms with Gasteiger partial charge in [0, 0.05) is 24.5 Å². The van der Waals surface area contributed by atoms with Gasteiger partial charge in [0.15, 0.2) is 0 Å². The Balaban J connectivity index is 1.89. The molecule has 0 bridgehead atoms. The van der Waals surface area contributed by atoms with E-state index < -0.39 is 0 Å². The van der Waals surface area contributed by atoms with Crippen LogP contribution < -0.4 is 5.32 Å². The zero-order valence-electron chi connectivity index (χ0n) is 11.8. The standard InChI is InChI=1S/C16H17FN2OS/c1-11-5-6-15(21-11)16(20)19-8-7-18-10-14(19)12-3-2-4-13(17)9-12/h2-6,9,14,18H,7-8,10H2,1H3. The average molecular weight is 304 g/mol. The molecule has 1 aliphatic heterocycles. The van der Waals surface area contributed by atoms with Crippen LogP contribution in [0.3, 0.4) is 0 Å². The molecule has 0 spiro atoms. The molecular formula is C16H17FN2OS. The molecule has 5 heteroatoms. The van der Waals surface area contributed by atoms with Crippen molar-refractivity contribution in [3.63, 3.8) is 0 Å². The SMILES string of the molecule is Cc1ccc(C(=O)N2CCNCC2c2cccc(F)c2)s1. The van der Waals surface area contributed by atoms with Gasteiger partial charge in [-0.25, -0.2) is 4.39 Å². The number of aryl methyl sites for hydroxylation is 1. The number of carbonyl (C=O) groups is 1. The van der Waals surface area contributed by atoms with Crippen molar-refractivity contribution in [1.82, 2.24) is 10.2 Å². The van der Waals surface area contributed by atoms with Gasteiger partial charge in [0.25, 0.3) is 5.91 Å². The lowest BCUT2D eigenvalue weighted by atomic mass is 10.0. The maximum absolute atomic E-state index is 13.5. The van der Waals surface area contributed by atoms with Crippen molar-refractivity contribution >= 4 is 17.2 Å². The molecule has 1 N–H and O–H groups in total. The molecule has 1 atom stereocenters. The summed E-state index contributed by atoms with van der Waals surface area (Å²) >= 11 is 1.50. The van der Waals surface area contributed by atoms with Crippen LogP contribution in [0.4, 0.5) is 4.39 Å². The van der Waals surface area contributed by atoms with Crippen LogP contribution >= 0.6 is 11.3 Å². The Labute approximate surface area is 127 Å². The summed E-state index contributed by atoms with van der Waals surface area (Å²) < 4.78 is 13.5. The number of thiophene rings is 1. The quantitative estimate of drug-likeness (QED) is 0.925. The van der Waals surface area contributed by atoms with Gasteiger partial charge in [0.1, 0.15) is 5.82 Å². The number of halogens is 1. The van der Waals surface area contributed by atoms with E-state index in [1.54, 1.807) is 6.07 Å². The van der Waals surface area contributed by atoms with E-state index >= 15 is 0 Å². The summed E-state index contributed by atoms with van der Waals surface area (Å²) in [4.78, 5) is 16.4. The fourth-order valence-electron chi connectivity index (χ4n) is 2.65. The summed E-state index contributed by atoms with van der Waals surface area (Å²) in [5.41, 5.74) is 0.837. The van der Waals surface area contributed by atoms with E-state index in [1.807, 2.05) is 30.0 Å². The summed E-state index contributed by atoms with van der Waals surface area (Å²) in [6, 6.07) is 10.2. The number of carbonyl (C=O) groups excluding carboxylic acids is 1. The first-order chi connectivity index (χ1) is 10.1. The Morgan fingerprint density at radius 3 is 2.95 bits per heavy atom. The monoisotopic (exact) mass is 304 g/mol. The number of hydrogen-bond donors (Lipinski definition) is 1. The Morgan fingerprint density at radius 2 is 2.24 bits per heavy atom. The highest BCUT2D eigenvalue weighted by Crippen LogP contribution is 2.26. The zero-order chi connectivity index (χ0) is 14.8. The van der Waals surface area contributed by atoms with E-state index in [1.165, 1.54) is 23.5 Å². The van der Waals surface area contributed by atoms with Gasteiger partial charge in [-0.2, -0.15) is 0 Å². The molecule has 1 amide bonds. The van der Waals surface area contributed by atoms with Crippen molar-refractivity contribution in [3.8, 4) is 0 Å². The maximum atomic E-state index is 13.5. The van der Waals surface area contributed by atoms with Crippen LogP contribution in [0.1, 0.15) is 26.2 Å². The maximum Gasteiger partial charge on any atom is 0.264 e. The van der Waals surface area contributed by atoms with Crippen LogP contribution in [0.15, 0.2) is 36.4 Å². The Morgan fingerprint density at radius 1 is 1.38 bits per heavy atom. The molecule has 0 radical (unpaired) electrons. The first-order valence-electron chi connectivity index (χ1n) is 6.99. The van der Waals surface area contributed by atoms with Crippen LogP contribution in [0.2, 0.25) is 0 Å². The molecule has 1 saturated heterocycles. The molecule has 2 heterocycles. The van der Waals surface area contributed by atoms with E-state index in [-0.39, 0.29) is 17.8 Å². The van der Waals surface area contributed by atoms with Crippen molar-refractivity contribution in [2.75, 3.05) is 19.6 Å². The van der Waals surface area contributed by atoms with E-state index in [4.69, 9.17) is 0 Å². The summed E-state index contributed by atoms with van der Waals surface area (Å²) in [6.07, 6.45) is 0. The number of amides is 1. The minimum atomic E-state index is -0.266. The van der Waals surface area contributed by atoms with Crippen LogP contribution in [-0.4, -0.2) is 30.4 Å². The number of piperazine rings is 1. The second kappa shape index (κ2) is 5.95. The number of nitrogens with zero attached hydrogens (tertiary/aromatic N) is 1. The first kappa shape index (κ1) is 14.2. The highest BCUT2D eigenvalue weighted by Gasteiger charge is 2.29. The Hall–Kier alpha value is -1.72. The molecule has 21 heavy (non-hydrogen) atoms. The van der Waals surface area contributed by atoms with Crippen molar-refractivity contribution in [3.05, 3.63) is 57.5 Å². The van der Waals surface area contributed by atoms with Gasteiger partial charge in [0.05, 0.1) is 10.9 Å². The van der Waals surface area contributed by atoms with Gasteiger partial charge in [0.2, 0.25) is 0 Å². The summed E-state index contributed by atoms with van der Waals surface area (Å²) in [6.45, 7) is 4.04. The third-order valence-electron chi connectivity index (χ3n) is 3.69. The number of rotatable bonds is 2. The van der Waals surface area contributed by atoms with Gasteiger partial charge >= 0.3 is 0 Å². The zero-order valence-corrected chi connectivity index (χ0v) is 12.6. The molecule has 0 aliphatic carbocycles. The van der Waals surface area contributed by atoms with Crippen LogP contribution in [0, 0.1) is 12.7 Å². The van der Waals surface area contributed by atoms with Crippen molar-refractivity contribution in [2.45, 2.75) is 13.0 Å². The molecule has 0 saturated carbocycles. The highest BCUT2D eigenvalue weighted by molar-refractivity contribution is 7.13. The van der Waals surface area contributed by atoms with Crippen LogP contribution in [0.5, 0.6) is 0 Å². The summed E-state index contributed by atoms with van der Waals surface area (Å²) in [5, 5.41) is 3.28. The van der Waals surface area contributed by atoms with Gasteiger partial charge < -0.3 is 10.2 Å². The minimum Gasteiger partial charge on any atom is -0.328 e. The molecule has 1 aliphatic rings. The fraction of sp³-hybridized carbons (Fsp3) is 0.312. The molecule has 3 rings (SSSR count). The lowest BCUT2D eigenvalue weighted by molar-refractivity contribution is 0.0639. The molecule has 1 unspecified atom stereocenters. The molecule has 3 nitrogen and oxygen atoms in total. The van der Waals surface area contributed by atoms with E-state index in [9.17, 15) is 9.18 Å².